The van der Waals surface area contributed by atoms with E-state index in [1.54, 1.807) is 11.3 Å². The minimum atomic E-state index is 0.266. The van der Waals surface area contributed by atoms with E-state index >= 15 is 0 Å². The fourth-order valence-corrected chi connectivity index (χ4v) is 5.53. The molecule has 0 aromatic carbocycles. The largest absolute Gasteiger partial charge is 0.340 e. The van der Waals surface area contributed by atoms with E-state index in [4.69, 9.17) is 0 Å². The molecule has 172 valence electrons. The monoisotopic (exact) mass is 447 g/mol. The van der Waals surface area contributed by atoms with Crippen molar-refractivity contribution < 1.29 is 9.59 Å². The number of amides is 2. The van der Waals surface area contributed by atoms with Crippen molar-refractivity contribution in [2.75, 3.05) is 79.0 Å². The van der Waals surface area contributed by atoms with Gasteiger partial charge in [0.25, 0.3) is 0 Å². The van der Waals surface area contributed by atoms with Gasteiger partial charge in [-0.2, -0.15) is 11.3 Å². The molecule has 0 atom stereocenters. The lowest BCUT2D eigenvalue weighted by atomic mass is 9.93. The summed E-state index contributed by atoms with van der Waals surface area (Å²) in [5, 5.41) is 4.33. The van der Waals surface area contributed by atoms with Gasteiger partial charge in [0.2, 0.25) is 11.8 Å². The van der Waals surface area contributed by atoms with Crippen molar-refractivity contribution >= 4 is 23.2 Å². The van der Waals surface area contributed by atoms with Gasteiger partial charge in [0.1, 0.15) is 0 Å². The molecule has 0 bridgehead atoms. The molecule has 7 nitrogen and oxygen atoms in total. The van der Waals surface area contributed by atoms with E-state index in [0.717, 1.165) is 84.8 Å². The highest BCUT2D eigenvalue weighted by molar-refractivity contribution is 7.07. The van der Waals surface area contributed by atoms with Crippen molar-refractivity contribution in [1.82, 2.24) is 24.5 Å². The summed E-state index contributed by atoms with van der Waals surface area (Å²) in [7, 11) is 2.11. The molecular formula is C23H37N5O2S. The van der Waals surface area contributed by atoms with E-state index in [1.165, 1.54) is 5.56 Å². The first-order valence-electron chi connectivity index (χ1n) is 11.8. The van der Waals surface area contributed by atoms with Crippen LogP contribution in [0.4, 0.5) is 0 Å². The summed E-state index contributed by atoms with van der Waals surface area (Å²) in [4.78, 5) is 36.5. The zero-order valence-electron chi connectivity index (χ0n) is 18.9. The van der Waals surface area contributed by atoms with Crippen LogP contribution >= 0.6 is 11.3 Å². The first kappa shape index (κ1) is 22.7. The number of hydrogen-bond acceptors (Lipinski definition) is 6. The molecule has 1 aromatic rings. The number of carbonyl (C=O) groups is 2. The zero-order chi connectivity index (χ0) is 21.6. The maximum atomic E-state index is 12.8. The predicted octanol–water partition coefficient (Wildman–Crippen LogP) is 1.27. The fourth-order valence-electron chi connectivity index (χ4n) is 4.87. The summed E-state index contributed by atoms with van der Waals surface area (Å²) < 4.78 is 0. The number of likely N-dealkylation sites (tertiary alicyclic amines) is 1. The van der Waals surface area contributed by atoms with E-state index in [2.05, 4.69) is 38.6 Å². The highest BCUT2D eigenvalue weighted by atomic mass is 32.1. The Balaban J connectivity index is 1.12. The Morgan fingerprint density at radius 3 is 2.16 bits per heavy atom. The van der Waals surface area contributed by atoms with Crippen LogP contribution in [-0.2, 0) is 16.1 Å². The highest BCUT2D eigenvalue weighted by Gasteiger charge is 2.28. The van der Waals surface area contributed by atoms with Gasteiger partial charge >= 0.3 is 0 Å². The number of likely N-dealkylation sites (N-methyl/N-ethyl adjacent to an activating group) is 1. The van der Waals surface area contributed by atoms with Crippen LogP contribution in [0.3, 0.4) is 0 Å². The Morgan fingerprint density at radius 1 is 0.871 bits per heavy atom. The Labute approximate surface area is 190 Å². The third kappa shape index (κ3) is 6.51. The number of thiophene rings is 1. The molecule has 0 unspecified atom stereocenters. The van der Waals surface area contributed by atoms with Gasteiger partial charge in [0, 0.05) is 65.3 Å². The lowest BCUT2D eigenvalue weighted by molar-refractivity contribution is -0.136. The summed E-state index contributed by atoms with van der Waals surface area (Å²) >= 11 is 1.74. The maximum Gasteiger partial charge on any atom is 0.236 e. The standard InChI is InChI=1S/C23H37N5O2S/c1-24-7-11-27(12-8-24)22(29)16-20-2-5-25(6-3-20)18-23(30)28-13-9-26(10-14-28)17-21-4-15-31-19-21/h4,15,19-20H,2-3,5-14,16-18H2,1H3. The van der Waals surface area contributed by atoms with Crippen LogP contribution in [-0.4, -0.2) is 115 Å². The van der Waals surface area contributed by atoms with Gasteiger partial charge in [-0.05, 0) is 61.3 Å². The summed E-state index contributed by atoms with van der Waals surface area (Å²) in [5.74, 6) is 1.06. The van der Waals surface area contributed by atoms with E-state index in [0.29, 0.717) is 24.8 Å². The second-order valence-corrected chi connectivity index (χ2v) is 10.2. The summed E-state index contributed by atoms with van der Waals surface area (Å²) in [5.41, 5.74) is 1.37. The predicted molar refractivity (Wildman–Crippen MR) is 124 cm³/mol. The van der Waals surface area contributed by atoms with Crippen LogP contribution in [0.1, 0.15) is 24.8 Å². The molecule has 2 amide bonds. The quantitative estimate of drug-likeness (QED) is 0.657. The van der Waals surface area contributed by atoms with Crippen molar-refractivity contribution in [3.05, 3.63) is 22.4 Å². The second kappa shape index (κ2) is 10.9. The van der Waals surface area contributed by atoms with E-state index < -0.39 is 0 Å². The van der Waals surface area contributed by atoms with Gasteiger partial charge in [-0.25, -0.2) is 0 Å². The minimum absolute atomic E-state index is 0.266. The van der Waals surface area contributed by atoms with Crippen molar-refractivity contribution in [2.24, 2.45) is 5.92 Å². The zero-order valence-corrected chi connectivity index (χ0v) is 19.7. The van der Waals surface area contributed by atoms with Gasteiger partial charge in [-0.15, -0.1) is 0 Å². The summed E-state index contributed by atoms with van der Waals surface area (Å²) in [6, 6.07) is 2.19. The summed E-state index contributed by atoms with van der Waals surface area (Å²) in [6.45, 7) is 10.7. The molecule has 3 fully saturated rings. The first-order chi connectivity index (χ1) is 15.1. The number of piperidine rings is 1. The van der Waals surface area contributed by atoms with Crippen molar-refractivity contribution in [3.8, 4) is 0 Å². The van der Waals surface area contributed by atoms with Gasteiger partial charge < -0.3 is 14.7 Å². The average Bonchev–Trinajstić information content (AvgIpc) is 3.29. The van der Waals surface area contributed by atoms with Crippen molar-refractivity contribution in [3.63, 3.8) is 0 Å². The molecule has 8 heteroatoms. The normalized spacial score (nSPS) is 22.7. The van der Waals surface area contributed by atoms with Crippen LogP contribution in [0.2, 0.25) is 0 Å². The molecule has 0 N–H and O–H groups in total. The lowest BCUT2D eigenvalue weighted by Crippen LogP contribution is -2.51. The molecule has 3 aliphatic heterocycles. The van der Waals surface area contributed by atoms with Crippen molar-refractivity contribution in [2.45, 2.75) is 25.8 Å². The second-order valence-electron chi connectivity index (χ2n) is 9.40. The Bertz CT molecular complexity index is 704. The third-order valence-corrected chi connectivity index (χ3v) is 7.83. The molecular weight excluding hydrogens is 410 g/mol. The fraction of sp³-hybridized carbons (Fsp3) is 0.739. The average molecular weight is 448 g/mol. The smallest absolute Gasteiger partial charge is 0.236 e. The Morgan fingerprint density at radius 2 is 1.52 bits per heavy atom. The van der Waals surface area contributed by atoms with E-state index in [-0.39, 0.29) is 5.91 Å². The molecule has 0 radical (unpaired) electrons. The minimum Gasteiger partial charge on any atom is -0.340 e. The molecule has 31 heavy (non-hydrogen) atoms. The molecule has 4 heterocycles. The number of rotatable bonds is 6. The van der Waals surface area contributed by atoms with Crippen LogP contribution < -0.4 is 0 Å². The van der Waals surface area contributed by atoms with Crippen molar-refractivity contribution in [1.29, 1.82) is 0 Å². The Kier molecular flexibility index (Phi) is 7.98. The lowest BCUT2D eigenvalue weighted by Gasteiger charge is -2.37. The van der Waals surface area contributed by atoms with Gasteiger partial charge in [0.15, 0.2) is 0 Å². The maximum absolute atomic E-state index is 12.8. The highest BCUT2D eigenvalue weighted by Crippen LogP contribution is 2.22. The SMILES string of the molecule is CN1CCN(C(=O)CC2CCN(CC(=O)N3CCN(Cc4ccsc4)CC3)CC2)CC1. The number of piperazine rings is 2. The topological polar surface area (TPSA) is 50.3 Å². The molecule has 3 aliphatic rings. The number of nitrogens with zero attached hydrogens (tertiary/aromatic N) is 5. The molecule has 4 rings (SSSR count). The molecule has 3 saturated heterocycles. The van der Waals surface area contributed by atoms with Gasteiger partial charge in [-0.1, -0.05) is 0 Å². The van der Waals surface area contributed by atoms with E-state index in [1.807, 2.05) is 9.80 Å². The van der Waals surface area contributed by atoms with Crippen LogP contribution in [0.25, 0.3) is 0 Å². The molecule has 0 saturated carbocycles. The third-order valence-electron chi connectivity index (χ3n) is 7.10. The van der Waals surface area contributed by atoms with Gasteiger partial charge in [-0.3, -0.25) is 19.4 Å². The number of carbonyl (C=O) groups excluding carboxylic acids is 2. The van der Waals surface area contributed by atoms with Crippen LogP contribution in [0.15, 0.2) is 16.8 Å². The number of hydrogen-bond donors (Lipinski definition) is 0. The van der Waals surface area contributed by atoms with Crippen LogP contribution in [0.5, 0.6) is 0 Å². The molecule has 0 aliphatic carbocycles. The summed E-state index contributed by atoms with van der Waals surface area (Å²) in [6.07, 6.45) is 2.74. The first-order valence-corrected chi connectivity index (χ1v) is 12.7. The van der Waals surface area contributed by atoms with Gasteiger partial charge in [0.05, 0.1) is 6.54 Å². The molecule has 0 spiro atoms. The van der Waals surface area contributed by atoms with Crippen LogP contribution in [0, 0.1) is 5.92 Å². The Hall–Kier alpha value is -1.48. The molecule has 1 aromatic heterocycles. The van der Waals surface area contributed by atoms with E-state index in [9.17, 15) is 9.59 Å².